The van der Waals surface area contributed by atoms with Crippen LogP contribution in [0.3, 0.4) is 0 Å². The van der Waals surface area contributed by atoms with Crippen molar-refractivity contribution in [3.8, 4) is 11.8 Å². The van der Waals surface area contributed by atoms with Crippen LogP contribution in [0.15, 0.2) is 42.5 Å². The summed E-state index contributed by atoms with van der Waals surface area (Å²) in [7, 11) is 0. The van der Waals surface area contributed by atoms with Crippen molar-refractivity contribution in [2.75, 3.05) is 0 Å². The molecule has 0 unspecified atom stereocenters. The zero-order chi connectivity index (χ0) is 13.7. The minimum Gasteiger partial charge on any atom is -0.489 e. The topological polar surface area (TPSA) is 33.0 Å². The molecule has 2 rings (SSSR count). The molecular weight excluding hydrogens is 309 g/mol. The lowest BCUT2D eigenvalue weighted by molar-refractivity contribution is 0.305. The minimum absolute atomic E-state index is 0.175. The molecule has 0 atom stereocenters. The van der Waals surface area contributed by atoms with E-state index in [0.717, 1.165) is 10.9 Å². The monoisotopic (exact) mass is 319 g/mol. The van der Waals surface area contributed by atoms with Crippen LogP contribution in [0.2, 0.25) is 0 Å². The molecule has 4 heteroatoms. The highest BCUT2D eigenvalue weighted by Crippen LogP contribution is 2.17. The highest BCUT2D eigenvalue weighted by molar-refractivity contribution is 9.08. The molecule has 19 heavy (non-hydrogen) atoms. The van der Waals surface area contributed by atoms with Gasteiger partial charge >= 0.3 is 0 Å². The van der Waals surface area contributed by atoms with Gasteiger partial charge in [-0.1, -0.05) is 28.1 Å². The molecule has 0 aromatic heterocycles. The summed E-state index contributed by atoms with van der Waals surface area (Å²) in [6.07, 6.45) is 0. The van der Waals surface area contributed by atoms with Crippen molar-refractivity contribution in [2.24, 2.45) is 0 Å². The number of alkyl halides is 1. The number of nitriles is 1. The Balaban J connectivity index is 2.09. The van der Waals surface area contributed by atoms with Crippen LogP contribution in [0, 0.1) is 17.1 Å². The Hall–Kier alpha value is -1.86. The third-order valence-corrected chi connectivity index (χ3v) is 3.31. The Kier molecular flexibility index (Phi) is 4.53. The largest absolute Gasteiger partial charge is 0.489 e. The van der Waals surface area contributed by atoms with E-state index in [9.17, 15) is 4.39 Å². The first-order chi connectivity index (χ1) is 9.22. The minimum atomic E-state index is -0.368. The van der Waals surface area contributed by atoms with Crippen LogP contribution in [0.25, 0.3) is 0 Å². The van der Waals surface area contributed by atoms with E-state index in [1.807, 2.05) is 30.3 Å². The first kappa shape index (κ1) is 13.6. The lowest BCUT2D eigenvalue weighted by Crippen LogP contribution is -1.99. The fourth-order valence-corrected chi connectivity index (χ4v) is 2.00. The summed E-state index contributed by atoms with van der Waals surface area (Å²) >= 11 is 3.37. The molecule has 0 aliphatic carbocycles. The molecular formula is C15H11BrFNO. The molecule has 0 amide bonds. The summed E-state index contributed by atoms with van der Waals surface area (Å²) in [5, 5.41) is 9.73. The summed E-state index contributed by atoms with van der Waals surface area (Å²) in [5.41, 5.74) is 2.13. The summed E-state index contributed by atoms with van der Waals surface area (Å²) in [6, 6.07) is 13.7. The fourth-order valence-electron chi connectivity index (χ4n) is 1.63. The van der Waals surface area contributed by atoms with Crippen LogP contribution >= 0.6 is 15.9 Å². The third kappa shape index (κ3) is 3.55. The van der Waals surface area contributed by atoms with Gasteiger partial charge in [0.1, 0.15) is 18.2 Å². The molecule has 0 heterocycles. The number of nitrogens with zero attached hydrogens (tertiary/aromatic N) is 1. The first-order valence-electron chi connectivity index (χ1n) is 5.69. The summed E-state index contributed by atoms with van der Waals surface area (Å²) in [4.78, 5) is 0. The van der Waals surface area contributed by atoms with Gasteiger partial charge in [-0.25, -0.2) is 4.39 Å². The number of hydrogen-bond donors (Lipinski definition) is 0. The number of hydrogen-bond acceptors (Lipinski definition) is 2. The second-order valence-corrected chi connectivity index (χ2v) is 4.54. The van der Waals surface area contributed by atoms with Gasteiger partial charge in [0.25, 0.3) is 0 Å². The average Bonchev–Trinajstić information content (AvgIpc) is 2.46. The Morgan fingerprint density at radius 1 is 1.16 bits per heavy atom. The van der Waals surface area contributed by atoms with Gasteiger partial charge in [-0.2, -0.15) is 5.26 Å². The van der Waals surface area contributed by atoms with Crippen molar-refractivity contribution in [3.63, 3.8) is 0 Å². The van der Waals surface area contributed by atoms with Crippen LogP contribution in [-0.4, -0.2) is 0 Å². The van der Waals surface area contributed by atoms with E-state index >= 15 is 0 Å². The van der Waals surface area contributed by atoms with Gasteiger partial charge in [0.05, 0.1) is 11.6 Å². The number of halogens is 2. The van der Waals surface area contributed by atoms with E-state index in [1.165, 1.54) is 18.2 Å². The van der Waals surface area contributed by atoms with Gasteiger partial charge in [-0.15, -0.1) is 0 Å². The maximum absolute atomic E-state index is 13.1. The number of rotatable bonds is 4. The Morgan fingerprint density at radius 2 is 1.89 bits per heavy atom. The zero-order valence-electron chi connectivity index (χ0n) is 10.1. The molecule has 96 valence electrons. The van der Waals surface area contributed by atoms with Gasteiger partial charge in [-0.3, -0.25) is 0 Å². The fraction of sp³-hybridized carbons (Fsp3) is 0.133. The van der Waals surface area contributed by atoms with Crippen LogP contribution in [0.5, 0.6) is 5.75 Å². The standard InChI is InChI=1S/C15H11BrFNO/c16-8-11-1-5-15(6-2-11)19-10-13-7-14(17)4-3-12(13)9-18/h1-7H,8,10H2. The summed E-state index contributed by atoms with van der Waals surface area (Å²) < 4.78 is 18.7. The molecule has 0 saturated heterocycles. The molecule has 2 aromatic rings. The maximum Gasteiger partial charge on any atom is 0.123 e. The predicted molar refractivity (Wildman–Crippen MR) is 74.5 cm³/mol. The van der Waals surface area contributed by atoms with E-state index < -0.39 is 0 Å². The van der Waals surface area contributed by atoms with Crippen LogP contribution in [0.1, 0.15) is 16.7 Å². The Morgan fingerprint density at radius 3 is 2.53 bits per heavy atom. The van der Waals surface area contributed by atoms with Gasteiger partial charge < -0.3 is 4.74 Å². The SMILES string of the molecule is N#Cc1ccc(F)cc1COc1ccc(CBr)cc1. The molecule has 2 aromatic carbocycles. The quantitative estimate of drug-likeness (QED) is 0.792. The normalized spacial score (nSPS) is 9.95. The third-order valence-electron chi connectivity index (χ3n) is 2.66. The van der Waals surface area contributed by atoms with E-state index in [0.29, 0.717) is 16.9 Å². The van der Waals surface area contributed by atoms with Crippen LogP contribution < -0.4 is 4.74 Å². The first-order valence-corrected chi connectivity index (χ1v) is 6.81. The lowest BCUT2D eigenvalue weighted by atomic mass is 10.1. The molecule has 0 aliphatic heterocycles. The Bertz CT molecular complexity index is 605. The summed E-state index contributed by atoms with van der Waals surface area (Å²) in [5.74, 6) is 0.324. The molecule has 0 aliphatic rings. The molecule has 2 nitrogen and oxygen atoms in total. The second-order valence-electron chi connectivity index (χ2n) is 3.98. The lowest BCUT2D eigenvalue weighted by Gasteiger charge is -2.08. The Labute approximate surface area is 119 Å². The average molecular weight is 320 g/mol. The zero-order valence-corrected chi connectivity index (χ0v) is 11.7. The van der Waals surface area contributed by atoms with Gasteiger partial charge in [0.15, 0.2) is 0 Å². The molecule has 0 spiro atoms. The smallest absolute Gasteiger partial charge is 0.123 e. The molecule has 0 N–H and O–H groups in total. The van der Waals surface area contributed by atoms with Crippen molar-refractivity contribution < 1.29 is 9.13 Å². The van der Waals surface area contributed by atoms with Crippen LogP contribution in [-0.2, 0) is 11.9 Å². The van der Waals surface area contributed by atoms with E-state index in [-0.39, 0.29) is 12.4 Å². The van der Waals surface area contributed by atoms with E-state index in [4.69, 9.17) is 10.00 Å². The number of ether oxygens (including phenoxy) is 1. The number of benzene rings is 2. The van der Waals surface area contributed by atoms with E-state index in [1.54, 1.807) is 0 Å². The van der Waals surface area contributed by atoms with Crippen molar-refractivity contribution in [1.82, 2.24) is 0 Å². The molecule has 0 fully saturated rings. The van der Waals surface area contributed by atoms with Crippen molar-refractivity contribution in [2.45, 2.75) is 11.9 Å². The van der Waals surface area contributed by atoms with Gasteiger partial charge in [0.2, 0.25) is 0 Å². The highest BCUT2D eigenvalue weighted by Gasteiger charge is 2.05. The van der Waals surface area contributed by atoms with Crippen LogP contribution in [0.4, 0.5) is 4.39 Å². The van der Waals surface area contributed by atoms with Crippen molar-refractivity contribution in [3.05, 3.63) is 65.0 Å². The molecule has 0 saturated carbocycles. The summed E-state index contributed by atoms with van der Waals surface area (Å²) in [6.45, 7) is 0.175. The van der Waals surface area contributed by atoms with Crippen molar-refractivity contribution >= 4 is 15.9 Å². The van der Waals surface area contributed by atoms with Gasteiger partial charge in [0, 0.05) is 10.9 Å². The van der Waals surface area contributed by atoms with Gasteiger partial charge in [-0.05, 0) is 35.9 Å². The highest BCUT2D eigenvalue weighted by atomic mass is 79.9. The maximum atomic E-state index is 13.1. The predicted octanol–water partition coefficient (Wildman–Crippen LogP) is 4.17. The molecule has 0 bridgehead atoms. The molecule has 0 radical (unpaired) electrons. The van der Waals surface area contributed by atoms with Crippen molar-refractivity contribution in [1.29, 1.82) is 5.26 Å². The van der Waals surface area contributed by atoms with E-state index in [2.05, 4.69) is 15.9 Å². The second kappa shape index (κ2) is 6.35.